The third-order valence-corrected chi connectivity index (χ3v) is 16.6. The van der Waals surface area contributed by atoms with E-state index < -0.39 is 97.5 Å². The van der Waals surface area contributed by atoms with Gasteiger partial charge in [-0.15, -0.1) is 0 Å². The number of aliphatic hydroxyl groups is 1. The molecule has 83 heavy (non-hydrogen) atoms. The molecule has 0 saturated heterocycles. The minimum Gasteiger partial charge on any atom is -0.462 e. The van der Waals surface area contributed by atoms with Crippen LogP contribution in [0, 0.1) is 11.8 Å². The third kappa shape index (κ3) is 58.8. The molecule has 492 valence electrons. The summed E-state index contributed by atoms with van der Waals surface area (Å²) >= 11 is 0. The predicted octanol–water partition coefficient (Wildman–Crippen LogP) is 17.7. The topological polar surface area (TPSA) is 237 Å². The van der Waals surface area contributed by atoms with E-state index in [1.54, 1.807) is 0 Å². The van der Waals surface area contributed by atoms with E-state index in [2.05, 4.69) is 41.5 Å². The van der Waals surface area contributed by atoms with Crippen LogP contribution in [0.4, 0.5) is 0 Å². The van der Waals surface area contributed by atoms with Crippen LogP contribution in [-0.2, 0) is 65.4 Å². The van der Waals surface area contributed by atoms with Gasteiger partial charge in [-0.2, -0.15) is 0 Å². The van der Waals surface area contributed by atoms with E-state index in [0.29, 0.717) is 31.6 Å². The second-order valence-electron chi connectivity index (χ2n) is 24.1. The largest absolute Gasteiger partial charge is 0.472 e. The van der Waals surface area contributed by atoms with E-state index in [4.69, 9.17) is 37.0 Å². The molecule has 0 amide bonds. The molecule has 0 aromatic heterocycles. The van der Waals surface area contributed by atoms with Gasteiger partial charge in [-0.05, 0) is 37.5 Å². The molecule has 0 aliphatic carbocycles. The smallest absolute Gasteiger partial charge is 0.462 e. The summed E-state index contributed by atoms with van der Waals surface area (Å²) in [6.07, 6.45) is 39.3. The number of unbranched alkanes of at least 4 members (excludes halogenated alkanes) is 33. The molecule has 0 fully saturated rings. The monoisotopic (exact) mass is 1230 g/mol. The average molecular weight is 1230 g/mol. The van der Waals surface area contributed by atoms with Crippen LogP contribution in [0.1, 0.15) is 318 Å². The number of aliphatic hydroxyl groups excluding tert-OH is 1. The Labute approximate surface area is 505 Å². The average Bonchev–Trinajstić information content (AvgIpc) is 3.45. The molecule has 3 N–H and O–H groups in total. The quantitative estimate of drug-likeness (QED) is 0.0222. The Morgan fingerprint density at radius 1 is 0.325 bits per heavy atom. The highest BCUT2D eigenvalue weighted by Gasteiger charge is 2.30. The van der Waals surface area contributed by atoms with Gasteiger partial charge in [0, 0.05) is 25.7 Å². The summed E-state index contributed by atoms with van der Waals surface area (Å²) in [4.78, 5) is 72.0. The van der Waals surface area contributed by atoms with Crippen molar-refractivity contribution in [1.82, 2.24) is 0 Å². The zero-order chi connectivity index (χ0) is 61.5. The van der Waals surface area contributed by atoms with Crippen LogP contribution in [0.2, 0.25) is 0 Å². The summed E-state index contributed by atoms with van der Waals surface area (Å²) < 4.78 is 67.8. The van der Waals surface area contributed by atoms with Gasteiger partial charge in [0.15, 0.2) is 12.2 Å². The Morgan fingerprint density at radius 3 is 0.819 bits per heavy atom. The van der Waals surface area contributed by atoms with Crippen LogP contribution in [0.15, 0.2) is 0 Å². The molecule has 0 aliphatic heterocycles. The van der Waals surface area contributed by atoms with Gasteiger partial charge in [0.05, 0.1) is 26.4 Å². The summed E-state index contributed by atoms with van der Waals surface area (Å²) in [7, 11) is -9.88. The summed E-state index contributed by atoms with van der Waals surface area (Å²) in [5, 5.41) is 10.5. The van der Waals surface area contributed by atoms with Gasteiger partial charge in [0.2, 0.25) is 0 Å². The molecule has 0 radical (unpaired) electrons. The zero-order valence-electron chi connectivity index (χ0n) is 53.5. The summed E-state index contributed by atoms with van der Waals surface area (Å²) in [6, 6.07) is 0. The maximum atomic E-state index is 13.0. The third-order valence-electron chi connectivity index (χ3n) is 14.7. The van der Waals surface area contributed by atoms with Gasteiger partial charge in [0.1, 0.15) is 19.3 Å². The van der Waals surface area contributed by atoms with E-state index in [1.165, 1.54) is 128 Å². The molecule has 0 aliphatic rings. The fraction of sp³-hybridized carbons (Fsp3) is 0.938. The van der Waals surface area contributed by atoms with Crippen molar-refractivity contribution >= 4 is 39.5 Å². The normalized spacial score (nSPS) is 14.3. The lowest BCUT2D eigenvalue weighted by Crippen LogP contribution is -2.30. The van der Waals surface area contributed by atoms with Crippen molar-refractivity contribution in [1.29, 1.82) is 0 Å². The zero-order valence-corrected chi connectivity index (χ0v) is 55.3. The van der Waals surface area contributed by atoms with Crippen LogP contribution in [0.5, 0.6) is 0 Å². The fourth-order valence-corrected chi connectivity index (χ4v) is 11.1. The Morgan fingerprint density at radius 2 is 0.554 bits per heavy atom. The van der Waals surface area contributed by atoms with Crippen molar-refractivity contribution in [3.8, 4) is 0 Å². The highest BCUT2D eigenvalue weighted by Crippen LogP contribution is 2.45. The first kappa shape index (κ1) is 81.1. The first-order valence-electron chi connectivity index (χ1n) is 33.5. The second kappa shape index (κ2) is 56.6. The molecule has 17 nitrogen and oxygen atoms in total. The molecule has 19 heteroatoms. The van der Waals surface area contributed by atoms with Crippen molar-refractivity contribution in [3.63, 3.8) is 0 Å². The summed E-state index contributed by atoms with van der Waals surface area (Å²) in [6.45, 7) is 9.36. The number of carbonyl (C=O) groups is 4. The van der Waals surface area contributed by atoms with Gasteiger partial charge >= 0.3 is 39.5 Å². The predicted molar refractivity (Wildman–Crippen MR) is 331 cm³/mol. The highest BCUT2D eigenvalue weighted by molar-refractivity contribution is 7.47. The van der Waals surface area contributed by atoms with Crippen molar-refractivity contribution in [2.24, 2.45) is 11.8 Å². The van der Waals surface area contributed by atoms with Gasteiger partial charge in [-0.3, -0.25) is 37.3 Å². The number of rotatable bonds is 63. The number of ether oxygens (including phenoxy) is 4. The number of hydrogen-bond donors (Lipinski definition) is 3. The van der Waals surface area contributed by atoms with Crippen LogP contribution >= 0.6 is 15.6 Å². The number of hydrogen-bond acceptors (Lipinski definition) is 15. The fourth-order valence-electron chi connectivity index (χ4n) is 9.53. The van der Waals surface area contributed by atoms with Crippen LogP contribution in [-0.4, -0.2) is 96.7 Å². The Balaban J connectivity index is 5.17. The molecule has 0 rings (SSSR count). The first-order valence-corrected chi connectivity index (χ1v) is 36.5. The molecule has 0 aromatic carbocycles. The van der Waals surface area contributed by atoms with Gasteiger partial charge < -0.3 is 33.8 Å². The van der Waals surface area contributed by atoms with Crippen LogP contribution < -0.4 is 0 Å². The van der Waals surface area contributed by atoms with Crippen LogP contribution in [0.25, 0.3) is 0 Å². The molecular formula is C64H124O17P2. The Hall–Kier alpha value is -1.94. The summed E-state index contributed by atoms with van der Waals surface area (Å²) in [5.74, 6) is -0.662. The lowest BCUT2D eigenvalue weighted by Gasteiger charge is -2.21. The van der Waals surface area contributed by atoms with Crippen molar-refractivity contribution in [2.45, 2.75) is 336 Å². The Kier molecular flexibility index (Phi) is 55.2. The molecular weight excluding hydrogens is 1100 g/mol. The molecule has 0 bridgehead atoms. The molecule has 0 spiro atoms. The van der Waals surface area contributed by atoms with E-state index >= 15 is 0 Å². The van der Waals surface area contributed by atoms with Crippen molar-refractivity contribution in [2.75, 3.05) is 39.6 Å². The van der Waals surface area contributed by atoms with Crippen LogP contribution in [0.3, 0.4) is 0 Å². The lowest BCUT2D eigenvalue weighted by atomic mass is 10.0. The van der Waals surface area contributed by atoms with E-state index in [0.717, 1.165) is 102 Å². The number of esters is 4. The molecule has 2 unspecified atom stereocenters. The van der Waals surface area contributed by atoms with E-state index in [9.17, 15) is 43.2 Å². The number of phosphoric acid groups is 2. The van der Waals surface area contributed by atoms with Gasteiger partial charge in [-0.25, -0.2) is 9.13 Å². The SMILES string of the molecule is CCCCCCCCCCCCCCC(=O)OC[C@H](COP(=O)(O)OC[C@@H](O)COP(=O)(O)OC[C@@H](COC(=O)CCCCCCC)OC(=O)CCCCCCCCCC(C)C)OC(=O)CCCCCCCCCCCCCCCC(C)C. The maximum absolute atomic E-state index is 13.0. The number of phosphoric ester groups is 2. The molecule has 0 heterocycles. The molecule has 0 aromatic rings. The lowest BCUT2D eigenvalue weighted by molar-refractivity contribution is -0.161. The van der Waals surface area contributed by atoms with E-state index in [1.807, 2.05) is 0 Å². The highest BCUT2D eigenvalue weighted by atomic mass is 31.2. The minimum atomic E-state index is -4.94. The van der Waals surface area contributed by atoms with E-state index in [-0.39, 0.29) is 25.7 Å². The Bertz CT molecular complexity index is 1630. The first-order chi connectivity index (χ1) is 39.9. The minimum absolute atomic E-state index is 0.102. The molecule has 5 atom stereocenters. The standard InChI is InChI=1S/C64H124O17P2/c1-7-9-11-13-14-15-16-21-24-29-35-41-47-62(67)75-53-60(81-63(68)48-42-36-30-25-22-19-17-18-20-23-27-33-38-44-56(3)4)55-79-83(72,73)77-51-58(65)50-76-82(70,71)78-54-59(52-74-61(66)46-40-32-12-10-8-2)80-64(69)49-43-37-31-26-28-34-39-45-57(5)6/h56-60,65H,7-55H2,1-6H3,(H,70,71)(H,72,73)/t58-,59+,60+/m0/s1. The number of carbonyl (C=O) groups excluding carboxylic acids is 4. The van der Waals surface area contributed by atoms with Gasteiger partial charge in [0.25, 0.3) is 0 Å². The van der Waals surface area contributed by atoms with Crippen molar-refractivity contribution in [3.05, 3.63) is 0 Å². The summed E-state index contributed by atoms with van der Waals surface area (Å²) in [5.41, 5.74) is 0. The second-order valence-corrected chi connectivity index (χ2v) is 27.0. The molecule has 0 saturated carbocycles. The maximum Gasteiger partial charge on any atom is 0.472 e. The van der Waals surface area contributed by atoms with Crippen molar-refractivity contribution < 1.29 is 80.2 Å². The van der Waals surface area contributed by atoms with Gasteiger partial charge in [-0.1, -0.05) is 266 Å².